The molecule has 1 fully saturated rings. The van der Waals surface area contributed by atoms with Crippen molar-refractivity contribution in [2.45, 2.75) is 19.4 Å². The molecule has 1 aliphatic rings. The summed E-state index contributed by atoms with van der Waals surface area (Å²) in [6, 6.07) is 11.3. The number of benzene rings is 1. The van der Waals surface area contributed by atoms with E-state index in [1.165, 1.54) is 17.4 Å². The van der Waals surface area contributed by atoms with E-state index in [0.29, 0.717) is 29.7 Å². The van der Waals surface area contributed by atoms with Crippen LogP contribution in [0.2, 0.25) is 0 Å². The molecule has 0 spiro atoms. The third-order valence-corrected chi connectivity index (χ3v) is 5.46. The minimum atomic E-state index is 0.269. The van der Waals surface area contributed by atoms with Gasteiger partial charge in [0.05, 0.1) is 32.6 Å². The second-order valence-electron chi connectivity index (χ2n) is 7.62. The van der Waals surface area contributed by atoms with E-state index in [-0.39, 0.29) is 5.95 Å². The normalized spacial score (nSPS) is 13.5. The van der Waals surface area contributed by atoms with Gasteiger partial charge in [0.25, 0.3) is 0 Å². The van der Waals surface area contributed by atoms with Gasteiger partial charge in [-0.05, 0) is 43.0 Å². The number of hydrogen-bond acceptors (Lipinski definition) is 8. The van der Waals surface area contributed by atoms with Crippen LogP contribution in [0.25, 0.3) is 17.2 Å². The van der Waals surface area contributed by atoms with Crippen LogP contribution in [-0.4, -0.2) is 40.3 Å². The zero-order valence-electron chi connectivity index (χ0n) is 17.5. The van der Waals surface area contributed by atoms with Crippen molar-refractivity contribution in [1.82, 2.24) is 19.6 Å². The number of fused-ring (bicyclic) bond motifs is 1. The van der Waals surface area contributed by atoms with E-state index in [0.717, 1.165) is 29.4 Å². The molecule has 0 amide bonds. The maximum atomic E-state index is 6.26. The molecular weight excluding hydrogens is 396 g/mol. The zero-order chi connectivity index (χ0) is 21.4. The number of anilines is 2. The van der Waals surface area contributed by atoms with E-state index in [9.17, 15) is 0 Å². The van der Waals surface area contributed by atoms with Crippen molar-refractivity contribution in [3.63, 3.8) is 0 Å². The number of aromatic nitrogens is 4. The Morgan fingerprint density at radius 2 is 1.90 bits per heavy atom. The average Bonchev–Trinajstić information content (AvgIpc) is 3.25. The Balaban J connectivity index is 1.55. The first kappa shape index (κ1) is 19.2. The molecule has 5 rings (SSSR count). The molecule has 31 heavy (non-hydrogen) atoms. The SMILES string of the molecule is COc1cccc(OC)c1CN(CC1CC1)c1cc2nc(-c3ccco3)nn2c(N)n1. The Morgan fingerprint density at radius 3 is 2.55 bits per heavy atom. The Hall–Kier alpha value is -3.75. The first-order chi connectivity index (χ1) is 15.2. The molecule has 0 bridgehead atoms. The van der Waals surface area contributed by atoms with Gasteiger partial charge in [-0.2, -0.15) is 9.50 Å². The lowest BCUT2D eigenvalue weighted by molar-refractivity contribution is 0.384. The minimum Gasteiger partial charge on any atom is -0.496 e. The third-order valence-electron chi connectivity index (χ3n) is 5.46. The van der Waals surface area contributed by atoms with Gasteiger partial charge < -0.3 is 24.5 Å². The van der Waals surface area contributed by atoms with Crippen LogP contribution in [0.15, 0.2) is 47.1 Å². The Bertz CT molecular complexity index is 1180. The summed E-state index contributed by atoms with van der Waals surface area (Å²) in [5.41, 5.74) is 7.83. The lowest BCUT2D eigenvalue weighted by Gasteiger charge is -2.26. The van der Waals surface area contributed by atoms with Crippen LogP contribution in [0.4, 0.5) is 11.8 Å². The fraction of sp³-hybridized carbons (Fsp3) is 0.318. The molecule has 9 nitrogen and oxygen atoms in total. The summed E-state index contributed by atoms with van der Waals surface area (Å²) in [5, 5.41) is 4.43. The van der Waals surface area contributed by atoms with Crippen LogP contribution in [0.5, 0.6) is 11.5 Å². The molecule has 0 unspecified atom stereocenters. The fourth-order valence-electron chi connectivity index (χ4n) is 3.70. The topological polar surface area (TPSA) is 104 Å². The molecule has 1 saturated carbocycles. The molecule has 0 saturated heterocycles. The molecule has 1 aromatic carbocycles. The Labute approximate surface area is 179 Å². The standard InChI is InChI=1S/C22H24N6O3/c1-29-16-5-3-6-17(30-2)15(16)13-27(12-14-8-9-14)19-11-20-24-21(18-7-4-10-31-18)26-28(20)22(23)25-19/h3-7,10-11,14H,8-9,12-13H2,1-2H3,(H2,23,25). The Morgan fingerprint density at radius 1 is 1.13 bits per heavy atom. The van der Waals surface area contributed by atoms with Crippen LogP contribution in [-0.2, 0) is 6.54 Å². The highest BCUT2D eigenvalue weighted by Crippen LogP contribution is 2.35. The molecule has 160 valence electrons. The second kappa shape index (κ2) is 7.82. The highest BCUT2D eigenvalue weighted by atomic mass is 16.5. The monoisotopic (exact) mass is 420 g/mol. The fourth-order valence-corrected chi connectivity index (χ4v) is 3.70. The van der Waals surface area contributed by atoms with Gasteiger partial charge in [0, 0.05) is 12.6 Å². The van der Waals surface area contributed by atoms with Crippen molar-refractivity contribution >= 4 is 17.4 Å². The largest absolute Gasteiger partial charge is 0.496 e. The van der Waals surface area contributed by atoms with Crippen LogP contribution in [0.3, 0.4) is 0 Å². The van der Waals surface area contributed by atoms with Crippen LogP contribution in [0.1, 0.15) is 18.4 Å². The number of ether oxygens (including phenoxy) is 2. The lowest BCUT2D eigenvalue weighted by Crippen LogP contribution is -2.27. The summed E-state index contributed by atoms with van der Waals surface area (Å²) < 4.78 is 18.1. The molecule has 1 aliphatic carbocycles. The quantitative estimate of drug-likeness (QED) is 0.463. The van der Waals surface area contributed by atoms with Gasteiger partial charge in [0.1, 0.15) is 17.3 Å². The maximum absolute atomic E-state index is 6.26. The van der Waals surface area contributed by atoms with Crippen LogP contribution < -0.4 is 20.1 Å². The van der Waals surface area contributed by atoms with Gasteiger partial charge in [-0.25, -0.2) is 4.98 Å². The number of furan rings is 1. The van der Waals surface area contributed by atoms with Crippen molar-refractivity contribution in [3.05, 3.63) is 48.2 Å². The smallest absolute Gasteiger partial charge is 0.225 e. The number of methoxy groups -OCH3 is 2. The molecule has 0 radical (unpaired) electrons. The van der Waals surface area contributed by atoms with Crippen molar-refractivity contribution < 1.29 is 13.9 Å². The van der Waals surface area contributed by atoms with Crippen molar-refractivity contribution in [3.8, 4) is 23.1 Å². The van der Waals surface area contributed by atoms with Crippen LogP contribution in [0, 0.1) is 5.92 Å². The van der Waals surface area contributed by atoms with E-state index < -0.39 is 0 Å². The summed E-state index contributed by atoms with van der Waals surface area (Å²) in [7, 11) is 3.33. The van der Waals surface area contributed by atoms with Crippen molar-refractivity contribution in [2.75, 3.05) is 31.4 Å². The van der Waals surface area contributed by atoms with Gasteiger partial charge in [-0.15, -0.1) is 5.10 Å². The maximum Gasteiger partial charge on any atom is 0.225 e. The summed E-state index contributed by atoms with van der Waals surface area (Å²) in [6.45, 7) is 1.44. The Kier molecular flexibility index (Phi) is 4.85. The van der Waals surface area contributed by atoms with E-state index in [2.05, 4.69) is 20.0 Å². The predicted molar refractivity (Wildman–Crippen MR) is 116 cm³/mol. The zero-order valence-corrected chi connectivity index (χ0v) is 17.5. The van der Waals surface area contributed by atoms with Gasteiger partial charge in [0.2, 0.25) is 11.8 Å². The van der Waals surface area contributed by atoms with E-state index >= 15 is 0 Å². The first-order valence-electron chi connectivity index (χ1n) is 10.2. The van der Waals surface area contributed by atoms with Gasteiger partial charge in [0.15, 0.2) is 11.4 Å². The van der Waals surface area contributed by atoms with Gasteiger partial charge in [-0.3, -0.25) is 0 Å². The molecule has 4 aromatic rings. The second-order valence-corrected chi connectivity index (χ2v) is 7.62. The number of nitrogen functional groups attached to an aromatic ring is 1. The minimum absolute atomic E-state index is 0.269. The highest BCUT2D eigenvalue weighted by molar-refractivity contribution is 5.60. The number of nitrogens with two attached hydrogens (primary N) is 1. The molecular formula is C22H24N6O3. The number of nitrogens with zero attached hydrogens (tertiary/aromatic N) is 5. The number of rotatable bonds is 8. The molecule has 3 heterocycles. The van der Waals surface area contributed by atoms with E-state index in [1.54, 1.807) is 26.5 Å². The van der Waals surface area contributed by atoms with Crippen LogP contribution >= 0.6 is 0 Å². The first-order valence-corrected chi connectivity index (χ1v) is 10.2. The summed E-state index contributed by atoms with van der Waals surface area (Å²) in [4.78, 5) is 11.4. The third kappa shape index (κ3) is 3.74. The predicted octanol–water partition coefficient (Wildman–Crippen LogP) is 3.40. The van der Waals surface area contributed by atoms with E-state index in [1.807, 2.05) is 30.3 Å². The van der Waals surface area contributed by atoms with E-state index in [4.69, 9.17) is 19.6 Å². The van der Waals surface area contributed by atoms with Crippen molar-refractivity contribution in [1.29, 1.82) is 0 Å². The summed E-state index contributed by atoms with van der Waals surface area (Å²) in [5.74, 6) is 4.24. The average molecular weight is 420 g/mol. The summed E-state index contributed by atoms with van der Waals surface area (Å²) in [6.07, 6.45) is 4.02. The van der Waals surface area contributed by atoms with Gasteiger partial charge >= 0.3 is 0 Å². The highest BCUT2D eigenvalue weighted by Gasteiger charge is 2.27. The molecule has 0 atom stereocenters. The summed E-state index contributed by atoms with van der Waals surface area (Å²) >= 11 is 0. The molecule has 0 aliphatic heterocycles. The molecule has 2 N–H and O–H groups in total. The van der Waals surface area contributed by atoms with Crippen molar-refractivity contribution in [2.24, 2.45) is 5.92 Å². The lowest BCUT2D eigenvalue weighted by atomic mass is 10.1. The number of hydrogen-bond donors (Lipinski definition) is 1. The van der Waals surface area contributed by atoms with Gasteiger partial charge in [-0.1, -0.05) is 6.07 Å². The molecule has 9 heteroatoms. The molecule has 3 aromatic heterocycles.